The highest BCUT2D eigenvalue weighted by Gasteiger charge is 2.32. The molecule has 27 heavy (non-hydrogen) atoms. The van der Waals surface area contributed by atoms with E-state index in [1.54, 1.807) is 30.3 Å². The molecule has 0 spiro atoms. The number of ether oxygens (including phenoxy) is 1. The predicted molar refractivity (Wildman–Crippen MR) is 109 cm³/mol. The molecule has 0 unspecified atom stereocenters. The van der Waals surface area contributed by atoms with Crippen molar-refractivity contribution in [1.29, 1.82) is 0 Å². The Hall–Kier alpha value is -2.98. The van der Waals surface area contributed by atoms with Crippen LogP contribution in [0.5, 0.6) is 0 Å². The second-order valence-electron chi connectivity index (χ2n) is 6.16. The van der Waals surface area contributed by atoms with Crippen LogP contribution in [0.25, 0.3) is 16.7 Å². The van der Waals surface area contributed by atoms with Gasteiger partial charge in [0.15, 0.2) is 11.5 Å². The Morgan fingerprint density at radius 3 is 1.89 bits per heavy atom. The number of hydrogen-bond acceptors (Lipinski definition) is 3. The molecule has 0 aromatic heterocycles. The van der Waals surface area contributed by atoms with Crippen molar-refractivity contribution in [2.45, 2.75) is 0 Å². The molecule has 1 aliphatic carbocycles. The highest BCUT2D eigenvalue weighted by atomic mass is 79.9. The van der Waals surface area contributed by atoms with Crippen LogP contribution >= 0.6 is 15.9 Å². The van der Waals surface area contributed by atoms with E-state index in [-0.39, 0.29) is 17.3 Å². The van der Waals surface area contributed by atoms with Crippen molar-refractivity contribution in [2.75, 3.05) is 7.11 Å². The molecule has 132 valence electrons. The minimum atomic E-state index is -0.317. The maximum absolute atomic E-state index is 13.3. The zero-order valence-corrected chi connectivity index (χ0v) is 16.1. The van der Waals surface area contributed by atoms with Gasteiger partial charge in [0.25, 0.3) is 0 Å². The number of ketones is 2. The van der Waals surface area contributed by atoms with Crippen molar-refractivity contribution in [3.05, 3.63) is 99.7 Å². The van der Waals surface area contributed by atoms with Gasteiger partial charge in [-0.25, -0.2) is 0 Å². The quantitative estimate of drug-likeness (QED) is 0.318. The summed E-state index contributed by atoms with van der Waals surface area (Å²) in [5.41, 5.74) is 3.84. The van der Waals surface area contributed by atoms with Crippen LogP contribution in [0, 0.1) is 0 Å². The number of Topliss-reactive ketones (excluding diaryl/α,β-unsaturated/α-hetero) is 2. The molecule has 0 atom stereocenters. The molecule has 0 heterocycles. The topological polar surface area (TPSA) is 43.4 Å². The van der Waals surface area contributed by atoms with E-state index in [9.17, 15) is 9.59 Å². The zero-order chi connectivity index (χ0) is 19.0. The largest absolute Gasteiger partial charge is 0.492 e. The fourth-order valence-corrected chi connectivity index (χ4v) is 3.64. The molecular formula is C23H15BrO3. The number of methoxy groups -OCH3 is 1. The van der Waals surface area contributed by atoms with E-state index in [2.05, 4.69) is 15.9 Å². The van der Waals surface area contributed by atoms with Gasteiger partial charge in [0.2, 0.25) is 5.78 Å². The first-order chi connectivity index (χ1) is 13.1. The zero-order valence-electron chi connectivity index (χ0n) is 14.5. The summed E-state index contributed by atoms with van der Waals surface area (Å²) >= 11 is 3.37. The Balaban J connectivity index is 1.97. The standard InChI is InChI=1S/C23H15BrO3/c1-27-23(21(25)14-10-12-15(24)13-11-14)20-18-8-4-2-6-16(18)17-7-3-5-9-19(17)22(20)26/h2-13H,1H3/b23-20+. The fraction of sp³-hybridized carbons (Fsp3) is 0.0435. The Labute approximate surface area is 165 Å². The summed E-state index contributed by atoms with van der Waals surface area (Å²) in [7, 11) is 1.43. The van der Waals surface area contributed by atoms with Gasteiger partial charge < -0.3 is 4.74 Å². The number of fused-ring (bicyclic) bond motifs is 3. The molecule has 0 saturated carbocycles. The SMILES string of the molecule is CO/C(C(=O)c1ccc(Br)cc1)=C1/C(=O)c2ccccc2-c2ccccc21. The molecule has 0 radical (unpaired) electrons. The van der Waals surface area contributed by atoms with Gasteiger partial charge in [-0.3, -0.25) is 9.59 Å². The summed E-state index contributed by atoms with van der Waals surface area (Å²) in [6.45, 7) is 0. The van der Waals surface area contributed by atoms with E-state index in [0.29, 0.717) is 22.3 Å². The molecule has 0 aliphatic heterocycles. The van der Waals surface area contributed by atoms with Crippen molar-refractivity contribution >= 4 is 33.1 Å². The van der Waals surface area contributed by atoms with Crippen LogP contribution in [-0.4, -0.2) is 18.7 Å². The van der Waals surface area contributed by atoms with Gasteiger partial charge in [-0.2, -0.15) is 0 Å². The first-order valence-corrected chi connectivity index (χ1v) is 9.23. The van der Waals surface area contributed by atoms with Crippen LogP contribution in [0.4, 0.5) is 0 Å². The number of carbonyl (C=O) groups is 2. The van der Waals surface area contributed by atoms with Gasteiger partial charge in [-0.05, 0) is 41.0 Å². The third kappa shape index (κ3) is 2.92. The molecule has 3 aromatic carbocycles. The number of allylic oxidation sites excluding steroid dienone is 2. The molecule has 0 saturated heterocycles. The lowest BCUT2D eigenvalue weighted by Gasteiger charge is -2.23. The number of benzene rings is 3. The lowest BCUT2D eigenvalue weighted by molar-refractivity contribution is 0.0943. The number of rotatable bonds is 3. The van der Waals surface area contributed by atoms with E-state index < -0.39 is 0 Å². The lowest BCUT2D eigenvalue weighted by Crippen LogP contribution is -2.18. The second-order valence-corrected chi connectivity index (χ2v) is 7.08. The van der Waals surface area contributed by atoms with Gasteiger partial charge in [0.1, 0.15) is 0 Å². The fourth-order valence-electron chi connectivity index (χ4n) is 3.38. The van der Waals surface area contributed by atoms with Gasteiger partial charge in [0.05, 0.1) is 12.7 Å². The van der Waals surface area contributed by atoms with Gasteiger partial charge in [-0.15, -0.1) is 0 Å². The summed E-state index contributed by atoms with van der Waals surface area (Å²) in [5, 5.41) is 0. The average molecular weight is 419 g/mol. The second kappa shape index (κ2) is 6.97. The molecule has 0 amide bonds. The van der Waals surface area contributed by atoms with Gasteiger partial charge in [-0.1, -0.05) is 64.5 Å². The van der Waals surface area contributed by atoms with Crippen molar-refractivity contribution < 1.29 is 14.3 Å². The van der Waals surface area contributed by atoms with Crippen molar-refractivity contribution in [3.8, 4) is 11.1 Å². The average Bonchev–Trinajstić information content (AvgIpc) is 2.71. The minimum absolute atomic E-state index is 0.0595. The van der Waals surface area contributed by atoms with Crippen LogP contribution in [-0.2, 0) is 4.74 Å². The third-order valence-electron chi connectivity index (χ3n) is 4.63. The molecule has 0 bridgehead atoms. The molecule has 0 fully saturated rings. The summed E-state index contributed by atoms with van der Waals surface area (Å²) < 4.78 is 6.35. The van der Waals surface area contributed by atoms with Gasteiger partial charge in [0, 0.05) is 15.6 Å². The first kappa shape index (κ1) is 17.4. The maximum Gasteiger partial charge on any atom is 0.228 e. The van der Waals surface area contributed by atoms with Crippen molar-refractivity contribution in [2.24, 2.45) is 0 Å². The molecule has 3 aromatic rings. The van der Waals surface area contributed by atoms with Crippen LogP contribution in [0.3, 0.4) is 0 Å². The highest BCUT2D eigenvalue weighted by molar-refractivity contribution is 9.10. The maximum atomic E-state index is 13.3. The predicted octanol–water partition coefficient (Wildman–Crippen LogP) is 5.55. The highest BCUT2D eigenvalue weighted by Crippen LogP contribution is 2.40. The summed E-state index contributed by atoms with van der Waals surface area (Å²) in [5.74, 6) is -0.460. The molecule has 3 nitrogen and oxygen atoms in total. The summed E-state index contributed by atoms with van der Waals surface area (Å²) in [6.07, 6.45) is 0. The first-order valence-electron chi connectivity index (χ1n) is 8.44. The molecule has 4 heteroatoms. The number of halogens is 1. The van der Waals surface area contributed by atoms with Crippen LogP contribution in [0.15, 0.2) is 83.0 Å². The number of carbonyl (C=O) groups excluding carboxylic acids is 2. The van der Waals surface area contributed by atoms with Gasteiger partial charge >= 0.3 is 0 Å². The molecule has 0 N–H and O–H groups in total. The van der Waals surface area contributed by atoms with E-state index in [1.807, 2.05) is 42.5 Å². The minimum Gasteiger partial charge on any atom is -0.492 e. The lowest BCUT2D eigenvalue weighted by atomic mass is 9.80. The third-order valence-corrected chi connectivity index (χ3v) is 5.16. The van der Waals surface area contributed by atoms with Crippen molar-refractivity contribution in [3.63, 3.8) is 0 Å². The van der Waals surface area contributed by atoms with Crippen LogP contribution < -0.4 is 0 Å². The van der Waals surface area contributed by atoms with Crippen LogP contribution in [0.1, 0.15) is 26.3 Å². The van der Waals surface area contributed by atoms with Crippen LogP contribution in [0.2, 0.25) is 0 Å². The smallest absolute Gasteiger partial charge is 0.228 e. The Morgan fingerprint density at radius 1 is 0.778 bits per heavy atom. The van der Waals surface area contributed by atoms with E-state index in [4.69, 9.17) is 4.74 Å². The monoisotopic (exact) mass is 418 g/mol. The normalized spacial score (nSPS) is 14.2. The summed E-state index contributed by atoms with van der Waals surface area (Å²) in [4.78, 5) is 26.4. The van der Waals surface area contributed by atoms with E-state index in [1.165, 1.54) is 7.11 Å². The Kier molecular flexibility index (Phi) is 4.50. The van der Waals surface area contributed by atoms with E-state index >= 15 is 0 Å². The van der Waals surface area contributed by atoms with Crippen molar-refractivity contribution in [1.82, 2.24) is 0 Å². The molecule has 4 rings (SSSR count). The molecular weight excluding hydrogens is 404 g/mol. The van der Waals surface area contributed by atoms with E-state index in [0.717, 1.165) is 15.6 Å². The summed E-state index contributed by atoms with van der Waals surface area (Å²) in [6, 6.07) is 22.0. The number of hydrogen-bond donors (Lipinski definition) is 0. The Morgan fingerprint density at radius 2 is 1.30 bits per heavy atom. The Bertz CT molecular complexity index is 1090. The molecule has 1 aliphatic rings.